The van der Waals surface area contributed by atoms with Crippen LogP contribution in [0.3, 0.4) is 0 Å². The topological polar surface area (TPSA) is 27.7 Å². The van der Waals surface area contributed by atoms with Gasteiger partial charge in [-0.25, -0.2) is 0 Å². The summed E-state index contributed by atoms with van der Waals surface area (Å²) >= 11 is 0. The smallest absolute Gasteiger partial charge is 0.266 e. The average Bonchev–Trinajstić information content (AvgIpc) is 2.88. The maximum Gasteiger partial charge on any atom is 0.266 e. The molecule has 0 unspecified atom stereocenters. The Morgan fingerprint density at radius 2 is 1.53 bits per heavy atom. The molecule has 0 radical (unpaired) electrons. The minimum Gasteiger partial charge on any atom is -0.374 e. The van der Waals surface area contributed by atoms with Crippen LogP contribution in [0.15, 0.2) is 60.7 Å². The number of ether oxygens (including phenoxy) is 3. The largest absolute Gasteiger partial charge is 0.374 e. The van der Waals surface area contributed by atoms with Crippen LogP contribution >= 0.6 is 0 Å². The SMILES string of the molecule is CCOC1COC(C2CCC(c3ccc(-c4ccc(CCCC=C(F)F)cc4)cc3)CC2)OC1. The van der Waals surface area contributed by atoms with Gasteiger partial charge >= 0.3 is 0 Å². The summed E-state index contributed by atoms with van der Waals surface area (Å²) in [5.41, 5.74) is 4.99. The first kappa shape index (κ1) is 25.0. The maximum absolute atomic E-state index is 12.1. The molecule has 2 fully saturated rings. The Labute approximate surface area is 202 Å². The Morgan fingerprint density at radius 3 is 2.12 bits per heavy atom. The fourth-order valence-corrected chi connectivity index (χ4v) is 5.16. The van der Waals surface area contributed by atoms with E-state index in [-0.39, 0.29) is 12.4 Å². The summed E-state index contributed by atoms with van der Waals surface area (Å²) in [4.78, 5) is 0. The third-order valence-electron chi connectivity index (χ3n) is 7.09. The monoisotopic (exact) mass is 470 g/mol. The van der Waals surface area contributed by atoms with Gasteiger partial charge in [0.25, 0.3) is 6.08 Å². The van der Waals surface area contributed by atoms with Crippen molar-refractivity contribution < 1.29 is 23.0 Å². The Kier molecular flexibility index (Phi) is 9.25. The lowest BCUT2D eigenvalue weighted by Crippen LogP contribution is -2.41. The fourth-order valence-electron chi connectivity index (χ4n) is 5.16. The van der Waals surface area contributed by atoms with Crippen LogP contribution in [0.4, 0.5) is 8.78 Å². The normalized spacial score (nSPS) is 25.1. The van der Waals surface area contributed by atoms with E-state index in [1.54, 1.807) is 0 Å². The van der Waals surface area contributed by atoms with Gasteiger partial charge in [0.2, 0.25) is 0 Å². The van der Waals surface area contributed by atoms with E-state index in [1.165, 1.54) is 22.3 Å². The average molecular weight is 471 g/mol. The van der Waals surface area contributed by atoms with E-state index < -0.39 is 6.08 Å². The van der Waals surface area contributed by atoms with Gasteiger partial charge in [-0.15, -0.1) is 0 Å². The fraction of sp³-hybridized carbons (Fsp3) is 0.517. The molecule has 0 aromatic heterocycles. The van der Waals surface area contributed by atoms with Gasteiger partial charge in [-0.2, -0.15) is 8.78 Å². The van der Waals surface area contributed by atoms with Gasteiger partial charge in [0.15, 0.2) is 6.29 Å². The summed E-state index contributed by atoms with van der Waals surface area (Å²) in [6, 6.07) is 17.4. The van der Waals surface area contributed by atoms with Gasteiger partial charge < -0.3 is 14.2 Å². The molecule has 2 aromatic carbocycles. The predicted octanol–water partition coefficient (Wildman–Crippen LogP) is 7.51. The molecular formula is C29H36F2O3. The first-order chi connectivity index (χ1) is 16.6. The van der Waals surface area contributed by atoms with Crippen LogP contribution in [0.2, 0.25) is 0 Å². The van der Waals surface area contributed by atoms with E-state index in [4.69, 9.17) is 14.2 Å². The van der Waals surface area contributed by atoms with E-state index in [0.717, 1.165) is 44.6 Å². The summed E-state index contributed by atoms with van der Waals surface area (Å²) in [6.07, 6.45) is 5.97. The van der Waals surface area contributed by atoms with Crippen LogP contribution in [0.25, 0.3) is 11.1 Å². The van der Waals surface area contributed by atoms with Gasteiger partial charge in [-0.1, -0.05) is 48.5 Å². The number of hydrogen-bond acceptors (Lipinski definition) is 3. The van der Waals surface area contributed by atoms with Gasteiger partial charge in [0.05, 0.1) is 13.2 Å². The molecule has 5 heteroatoms. The Bertz CT molecular complexity index is 890. The predicted molar refractivity (Wildman–Crippen MR) is 131 cm³/mol. The van der Waals surface area contributed by atoms with Crippen molar-refractivity contribution in [1.82, 2.24) is 0 Å². The lowest BCUT2D eigenvalue weighted by Gasteiger charge is -2.37. The lowest BCUT2D eigenvalue weighted by molar-refractivity contribution is -0.248. The Hall–Kier alpha value is -2.08. The molecule has 3 nitrogen and oxygen atoms in total. The second kappa shape index (κ2) is 12.6. The highest BCUT2D eigenvalue weighted by molar-refractivity contribution is 5.64. The van der Waals surface area contributed by atoms with E-state index in [2.05, 4.69) is 48.5 Å². The van der Waals surface area contributed by atoms with Crippen molar-refractivity contribution in [3.05, 3.63) is 71.8 Å². The molecule has 1 aliphatic heterocycles. The van der Waals surface area contributed by atoms with E-state index in [0.29, 0.717) is 38.1 Å². The summed E-state index contributed by atoms with van der Waals surface area (Å²) in [6.45, 7) is 3.97. The van der Waals surface area contributed by atoms with E-state index in [9.17, 15) is 8.78 Å². The summed E-state index contributed by atoms with van der Waals surface area (Å²) < 4.78 is 41.7. The molecule has 34 heavy (non-hydrogen) atoms. The van der Waals surface area contributed by atoms with E-state index in [1.807, 2.05) is 6.92 Å². The van der Waals surface area contributed by atoms with Crippen molar-refractivity contribution in [2.75, 3.05) is 19.8 Å². The highest BCUT2D eigenvalue weighted by Crippen LogP contribution is 2.39. The molecule has 0 amide bonds. The molecule has 1 aliphatic carbocycles. The van der Waals surface area contributed by atoms with Crippen LogP contribution in [0, 0.1) is 5.92 Å². The molecule has 1 heterocycles. The second-order valence-electron chi connectivity index (χ2n) is 9.43. The molecule has 184 valence electrons. The van der Waals surface area contributed by atoms with Crippen molar-refractivity contribution >= 4 is 0 Å². The van der Waals surface area contributed by atoms with Crippen LogP contribution in [-0.2, 0) is 20.6 Å². The number of rotatable bonds is 9. The second-order valence-corrected chi connectivity index (χ2v) is 9.43. The molecule has 0 atom stereocenters. The summed E-state index contributed by atoms with van der Waals surface area (Å²) in [5, 5.41) is 0. The Morgan fingerprint density at radius 1 is 0.912 bits per heavy atom. The minimum atomic E-state index is -1.59. The maximum atomic E-state index is 12.1. The van der Waals surface area contributed by atoms with Crippen LogP contribution in [0.1, 0.15) is 62.5 Å². The molecule has 2 aromatic rings. The minimum absolute atomic E-state index is 0.0723. The molecule has 0 N–H and O–H groups in total. The zero-order valence-corrected chi connectivity index (χ0v) is 20.1. The van der Waals surface area contributed by atoms with E-state index >= 15 is 0 Å². The molecule has 0 bridgehead atoms. The standard InChI is InChI=1S/C29H36F2O3/c1-2-32-27-19-33-29(34-20-27)26-17-15-25(16-18-26)24-13-11-23(12-14-24)22-9-7-21(8-10-22)5-3-4-6-28(30)31/h6-14,25-27,29H,2-5,15-20H2,1H3. The third kappa shape index (κ3) is 6.97. The first-order valence-electron chi connectivity index (χ1n) is 12.7. The van der Waals surface area contributed by atoms with Crippen molar-refractivity contribution in [1.29, 1.82) is 0 Å². The highest BCUT2D eigenvalue weighted by Gasteiger charge is 2.33. The molecule has 2 aliphatic rings. The Balaban J connectivity index is 1.24. The quantitative estimate of drug-likeness (QED) is 0.355. The van der Waals surface area contributed by atoms with Gasteiger partial charge in [0.1, 0.15) is 6.10 Å². The van der Waals surface area contributed by atoms with Crippen molar-refractivity contribution in [3.63, 3.8) is 0 Å². The first-order valence-corrected chi connectivity index (χ1v) is 12.7. The lowest BCUT2D eigenvalue weighted by atomic mass is 9.78. The summed E-state index contributed by atoms with van der Waals surface area (Å²) in [7, 11) is 0. The van der Waals surface area contributed by atoms with Crippen LogP contribution in [0.5, 0.6) is 0 Å². The molecular weight excluding hydrogens is 434 g/mol. The zero-order chi connectivity index (χ0) is 23.8. The van der Waals surface area contributed by atoms with Gasteiger partial charge in [0, 0.05) is 12.5 Å². The van der Waals surface area contributed by atoms with Gasteiger partial charge in [-0.3, -0.25) is 0 Å². The molecule has 1 saturated carbocycles. The third-order valence-corrected chi connectivity index (χ3v) is 7.09. The molecule has 1 saturated heterocycles. The number of allylic oxidation sites excluding steroid dienone is 1. The number of unbranched alkanes of at least 4 members (excludes halogenated alkanes) is 1. The number of hydrogen-bond donors (Lipinski definition) is 0. The zero-order valence-electron chi connectivity index (χ0n) is 20.1. The van der Waals surface area contributed by atoms with Crippen LogP contribution < -0.4 is 0 Å². The number of halogens is 2. The highest BCUT2D eigenvalue weighted by atomic mass is 19.3. The molecule has 4 rings (SSSR count). The van der Waals surface area contributed by atoms with Crippen molar-refractivity contribution in [2.45, 2.75) is 70.2 Å². The van der Waals surface area contributed by atoms with Gasteiger partial charge in [-0.05, 0) is 86.1 Å². The van der Waals surface area contributed by atoms with Crippen LogP contribution in [-0.4, -0.2) is 32.2 Å². The van der Waals surface area contributed by atoms with Crippen molar-refractivity contribution in [3.8, 4) is 11.1 Å². The number of aryl methyl sites for hydroxylation is 1. The molecule has 0 spiro atoms. The number of benzene rings is 2. The van der Waals surface area contributed by atoms with Crippen molar-refractivity contribution in [2.24, 2.45) is 5.92 Å². The summed E-state index contributed by atoms with van der Waals surface area (Å²) in [5.74, 6) is 1.07.